The standard InChI is InChI=1S/C21H17N3O2/c1-14-19(21(25)26)24(20(23-14)18-11-4-5-12-22-18)13-16-9-6-8-15-7-2-3-10-17(15)16/h2-12H,13H2,1H3,(H,25,26). The van der Waals surface area contributed by atoms with Crippen LogP contribution in [0, 0.1) is 6.92 Å². The number of aromatic carboxylic acids is 1. The minimum atomic E-state index is -0.989. The van der Waals surface area contributed by atoms with Crippen LogP contribution < -0.4 is 0 Å². The molecule has 0 fully saturated rings. The molecule has 128 valence electrons. The lowest BCUT2D eigenvalue weighted by Gasteiger charge is -2.12. The molecule has 5 heteroatoms. The number of aromatic nitrogens is 3. The van der Waals surface area contributed by atoms with Gasteiger partial charge < -0.3 is 9.67 Å². The van der Waals surface area contributed by atoms with E-state index in [1.807, 2.05) is 42.5 Å². The predicted octanol–water partition coefficient (Wildman–Crippen LogP) is 4.15. The fraction of sp³-hybridized carbons (Fsp3) is 0.0952. The Morgan fingerprint density at radius 1 is 1.04 bits per heavy atom. The molecule has 0 aliphatic heterocycles. The average Bonchev–Trinajstić information content (AvgIpc) is 2.99. The molecule has 0 spiro atoms. The van der Waals surface area contributed by atoms with E-state index in [0.717, 1.165) is 16.3 Å². The summed E-state index contributed by atoms with van der Waals surface area (Å²) in [6.45, 7) is 2.13. The van der Waals surface area contributed by atoms with Crippen molar-refractivity contribution in [2.24, 2.45) is 0 Å². The summed E-state index contributed by atoms with van der Waals surface area (Å²) in [5.41, 5.74) is 2.38. The summed E-state index contributed by atoms with van der Waals surface area (Å²) in [5, 5.41) is 11.9. The van der Waals surface area contributed by atoms with E-state index in [-0.39, 0.29) is 5.69 Å². The van der Waals surface area contributed by atoms with Crippen molar-refractivity contribution in [3.8, 4) is 11.5 Å². The minimum Gasteiger partial charge on any atom is -0.477 e. The van der Waals surface area contributed by atoms with Gasteiger partial charge in [0.1, 0.15) is 5.69 Å². The molecule has 1 N–H and O–H groups in total. The Hall–Kier alpha value is -3.47. The van der Waals surface area contributed by atoms with Gasteiger partial charge in [-0.15, -0.1) is 0 Å². The molecule has 2 aromatic carbocycles. The Bertz CT molecular complexity index is 1100. The SMILES string of the molecule is Cc1nc(-c2ccccn2)n(Cc2cccc3ccccc23)c1C(=O)O. The third kappa shape index (κ3) is 2.73. The summed E-state index contributed by atoms with van der Waals surface area (Å²) in [6.07, 6.45) is 1.68. The van der Waals surface area contributed by atoms with Crippen molar-refractivity contribution in [3.05, 3.63) is 83.8 Å². The second kappa shape index (κ2) is 6.44. The summed E-state index contributed by atoms with van der Waals surface area (Å²) in [4.78, 5) is 20.7. The predicted molar refractivity (Wildman–Crippen MR) is 100 cm³/mol. The molecule has 0 amide bonds. The average molecular weight is 343 g/mol. The number of nitrogens with zero attached hydrogens (tertiary/aromatic N) is 3. The lowest BCUT2D eigenvalue weighted by molar-refractivity contribution is 0.0685. The van der Waals surface area contributed by atoms with Crippen LogP contribution in [0.2, 0.25) is 0 Å². The molecule has 0 saturated carbocycles. The van der Waals surface area contributed by atoms with Gasteiger partial charge in [-0.1, -0.05) is 48.5 Å². The third-order valence-electron chi connectivity index (χ3n) is 4.45. The largest absolute Gasteiger partial charge is 0.477 e. The number of carboxylic acid groups (broad SMARTS) is 1. The molecular weight excluding hydrogens is 326 g/mol. The van der Waals surface area contributed by atoms with E-state index in [1.165, 1.54) is 0 Å². The normalized spacial score (nSPS) is 11.0. The molecule has 2 heterocycles. The lowest BCUT2D eigenvalue weighted by atomic mass is 10.0. The molecule has 0 aliphatic carbocycles. The molecular formula is C21H17N3O2. The Morgan fingerprint density at radius 2 is 1.81 bits per heavy atom. The van der Waals surface area contributed by atoms with Gasteiger partial charge in [-0.2, -0.15) is 0 Å². The maximum Gasteiger partial charge on any atom is 0.354 e. The second-order valence-electron chi connectivity index (χ2n) is 6.11. The lowest BCUT2D eigenvalue weighted by Crippen LogP contribution is -2.12. The summed E-state index contributed by atoms with van der Waals surface area (Å²) in [6, 6.07) is 19.7. The Kier molecular flexibility index (Phi) is 3.97. The fourth-order valence-electron chi connectivity index (χ4n) is 3.29. The topological polar surface area (TPSA) is 68.0 Å². The number of carboxylic acids is 1. The van der Waals surface area contributed by atoms with Gasteiger partial charge in [0, 0.05) is 6.20 Å². The number of hydrogen-bond donors (Lipinski definition) is 1. The number of pyridine rings is 1. The Balaban J connectivity index is 1.91. The molecule has 0 bridgehead atoms. The number of carbonyl (C=O) groups is 1. The van der Waals surface area contributed by atoms with Crippen LogP contribution >= 0.6 is 0 Å². The van der Waals surface area contributed by atoms with Crippen molar-refractivity contribution in [1.82, 2.24) is 14.5 Å². The molecule has 4 aromatic rings. The zero-order valence-electron chi connectivity index (χ0n) is 14.3. The number of aryl methyl sites for hydroxylation is 1. The van der Waals surface area contributed by atoms with Crippen molar-refractivity contribution in [3.63, 3.8) is 0 Å². The van der Waals surface area contributed by atoms with Gasteiger partial charge in [-0.05, 0) is 35.4 Å². The Morgan fingerprint density at radius 3 is 2.58 bits per heavy atom. The first kappa shape index (κ1) is 16.0. The summed E-state index contributed by atoms with van der Waals surface area (Å²) >= 11 is 0. The van der Waals surface area contributed by atoms with Crippen LogP contribution in [0.15, 0.2) is 66.9 Å². The number of fused-ring (bicyclic) bond motifs is 1. The van der Waals surface area contributed by atoms with Crippen molar-refractivity contribution in [2.75, 3.05) is 0 Å². The zero-order valence-corrected chi connectivity index (χ0v) is 14.3. The molecule has 0 radical (unpaired) electrons. The third-order valence-corrected chi connectivity index (χ3v) is 4.45. The molecule has 0 saturated heterocycles. The molecule has 4 rings (SSSR count). The molecule has 0 atom stereocenters. The molecule has 26 heavy (non-hydrogen) atoms. The zero-order chi connectivity index (χ0) is 18.1. The highest BCUT2D eigenvalue weighted by atomic mass is 16.4. The van der Waals surface area contributed by atoms with E-state index in [1.54, 1.807) is 17.7 Å². The van der Waals surface area contributed by atoms with Crippen molar-refractivity contribution < 1.29 is 9.90 Å². The number of hydrogen-bond acceptors (Lipinski definition) is 3. The molecule has 0 aliphatic rings. The van der Waals surface area contributed by atoms with Gasteiger partial charge >= 0.3 is 5.97 Å². The van der Waals surface area contributed by atoms with E-state index in [9.17, 15) is 9.90 Å². The first-order valence-electron chi connectivity index (χ1n) is 8.33. The molecule has 5 nitrogen and oxygen atoms in total. The number of rotatable bonds is 4. The highest BCUT2D eigenvalue weighted by molar-refractivity contribution is 5.89. The van der Waals surface area contributed by atoms with Gasteiger partial charge in [-0.3, -0.25) is 4.98 Å². The van der Waals surface area contributed by atoms with Gasteiger partial charge in [0.2, 0.25) is 0 Å². The van der Waals surface area contributed by atoms with Crippen LogP contribution in [-0.2, 0) is 6.54 Å². The Labute approximate surface area is 150 Å². The van der Waals surface area contributed by atoms with Crippen molar-refractivity contribution in [1.29, 1.82) is 0 Å². The second-order valence-corrected chi connectivity index (χ2v) is 6.11. The van der Waals surface area contributed by atoms with Gasteiger partial charge in [-0.25, -0.2) is 9.78 Å². The fourth-order valence-corrected chi connectivity index (χ4v) is 3.29. The van der Waals surface area contributed by atoms with E-state index in [0.29, 0.717) is 23.8 Å². The van der Waals surface area contributed by atoms with Crippen LogP contribution in [0.25, 0.3) is 22.3 Å². The number of benzene rings is 2. The highest BCUT2D eigenvalue weighted by Crippen LogP contribution is 2.25. The monoisotopic (exact) mass is 343 g/mol. The maximum atomic E-state index is 11.9. The van der Waals surface area contributed by atoms with Crippen LogP contribution in [0.3, 0.4) is 0 Å². The highest BCUT2D eigenvalue weighted by Gasteiger charge is 2.22. The van der Waals surface area contributed by atoms with E-state index in [4.69, 9.17) is 0 Å². The van der Waals surface area contributed by atoms with Crippen LogP contribution in [0.5, 0.6) is 0 Å². The molecule has 2 aromatic heterocycles. The van der Waals surface area contributed by atoms with Crippen LogP contribution in [0.4, 0.5) is 0 Å². The maximum absolute atomic E-state index is 11.9. The van der Waals surface area contributed by atoms with Crippen molar-refractivity contribution >= 4 is 16.7 Å². The van der Waals surface area contributed by atoms with E-state index in [2.05, 4.69) is 28.2 Å². The van der Waals surface area contributed by atoms with Gasteiger partial charge in [0.25, 0.3) is 0 Å². The summed E-state index contributed by atoms with van der Waals surface area (Å²) < 4.78 is 1.74. The van der Waals surface area contributed by atoms with Gasteiger partial charge in [0.05, 0.1) is 12.2 Å². The summed E-state index contributed by atoms with van der Waals surface area (Å²) in [7, 11) is 0. The van der Waals surface area contributed by atoms with E-state index < -0.39 is 5.97 Å². The van der Waals surface area contributed by atoms with E-state index >= 15 is 0 Å². The van der Waals surface area contributed by atoms with Crippen molar-refractivity contribution in [2.45, 2.75) is 13.5 Å². The first-order chi connectivity index (χ1) is 12.6. The quantitative estimate of drug-likeness (QED) is 0.604. The smallest absolute Gasteiger partial charge is 0.354 e. The van der Waals surface area contributed by atoms with Crippen LogP contribution in [0.1, 0.15) is 21.7 Å². The molecule has 0 unspecified atom stereocenters. The summed E-state index contributed by atoms with van der Waals surface area (Å²) in [5.74, 6) is -0.425. The first-order valence-corrected chi connectivity index (χ1v) is 8.33. The van der Waals surface area contributed by atoms with Gasteiger partial charge in [0.15, 0.2) is 11.5 Å². The number of imidazole rings is 1. The van der Waals surface area contributed by atoms with Crippen LogP contribution in [-0.4, -0.2) is 25.6 Å². The minimum absolute atomic E-state index is 0.193.